The van der Waals surface area contributed by atoms with Gasteiger partial charge in [-0.25, -0.2) is 0 Å². The molecule has 0 atom stereocenters. The minimum atomic E-state index is -2.87. The van der Waals surface area contributed by atoms with E-state index in [1.54, 1.807) is 24.3 Å². The molecule has 0 fully saturated rings. The van der Waals surface area contributed by atoms with Crippen LogP contribution in [0.5, 0.6) is 11.5 Å². The summed E-state index contributed by atoms with van der Waals surface area (Å²) in [4.78, 5) is 0. The predicted octanol–water partition coefficient (Wildman–Crippen LogP) is 10.1. The van der Waals surface area contributed by atoms with E-state index >= 15 is 0 Å². The van der Waals surface area contributed by atoms with E-state index in [4.69, 9.17) is 8.23 Å². The molecule has 0 aromatic heterocycles. The van der Waals surface area contributed by atoms with E-state index in [9.17, 15) is 10.2 Å². The van der Waals surface area contributed by atoms with E-state index in [1.807, 2.05) is 24.3 Å². The van der Waals surface area contributed by atoms with Crippen LogP contribution in [0.15, 0.2) is 109 Å². The minimum absolute atomic E-state index is 0.271. The summed E-state index contributed by atoms with van der Waals surface area (Å²) >= 11 is 0. The van der Waals surface area contributed by atoms with Gasteiger partial charge in [0.2, 0.25) is 0 Å². The monoisotopic (exact) mass is 684 g/mol. The zero-order valence-corrected chi connectivity index (χ0v) is 32.3. The number of rotatable bonds is 19. The van der Waals surface area contributed by atoms with Gasteiger partial charge >= 0.3 is 8.56 Å². The molecule has 0 unspecified atom stereocenters. The van der Waals surface area contributed by atoms with Gasteiger partial charge in [0.15, 0.2) is 16.6 Å². The average molecular weight is 685 g/mol. The molecule has 0 aliphatic rings. The molecule has 0 amide bonds. The maximum atomic E-state index is 9.76. The van der Waals surface area contributed by atoms with E-state index in [0.29, 0.717) is 11.5 Å². The lowest BCUT2D eigenvalue weighted by molar-refractivity contribution is 0.408. The number of phenols is 2. The summed E-state index contributed by atoms with van der Waals surface area (Å²) < 4.78 is 14.6. The third-order valence-corrected chi connectivity index (χ3v) is 19.5. The molecule has 4 aromatic carbocycles. The Morgan fingerprint density at radius 2 is 0.894 bits per heavy atom. The van der Waals surface area contributed by atoms with Crippen LogP contribution in [0.3, 0.4) is 0 Å². The molecule has 4 aromatic rings. The Bertz CT molecular complexity index is 1370. The largest absolute Gasteiger partial charge is 0.508 e. The first kappa shape index (κ1) is 36.9. The maximum absolute atomic E-state index is 9.76. The number of aromatic hydroxyl groups is 2. The van der Waals surface area contributed by atoms with Crippen molar-refractivity contribution in [3.8, 4) is 11.5 Å². The average Bonchev–Trinajstić information content (AvgIpc) is 3.04. The summed E-state index contributed by atoms with van der Waals surface area (Å²) in [6.45, 7) is 11.6. The van der Waals surface area contributed by atoms with Crippen molar-refractivity contribution >= 4 is 35.6 Å². The van der Waals surface area contributed by atoms with Gasteiger partial charge in [-0.1, -0.05) is 136 Å². The first-order valence-electron chi connectivity index (χ1n) is 17.6. The summed E-state index contributed by atoms with van der Waals surface area (Å²) in [6, 6.07) is 37.8. The Balaban J connectivity index is 1.23. The van der Waals surface area contributed by atoms with Gasteiger partial charge < -0.3 is 18.4 Å². The van der Waals surface area contributed by atoms with E-state index in [1.165, 1.54) is 66.4 Å². The van der Waals surface area contributed by atoms with Gasteiger partial charge in [0, 0.05) is 5.92 Å². The molecule has 252 valence electrons. The van der Waals surface area contributed by atoms with Crippen LogP contribution in [0.1, 0.15) is 74.8 Å². The van der Waals surface area contributed by atoms with Gasteiger partial charge in [-0.3, -0.25) is 0 Å². The van der Waals surface area contributed by atoms with Gasteiger partial charge in [0.25, 0.3) is 0 Å². The minimum Gasteiger partial charge on any atom is -0.508 e. The Kier molecular flexibility index (Phi) is 13.7. The van der Waals surface area contributed by atoms with Crippen LogP contribution < -0.4 is 10.4 Å². The zero-order chi connectivity index (χ0) is 33.8. The van der Waals surface area contributed by atoms with Gasteiger partial charge in [-0.15, -0.1) is 0 Å². The van der Waals surface area contributed by atoms with Gasteiger partial charge in [0.05, 0.1) is 0 Å². The normalized spacial score (nSPS) is 12.5. The van der Waals surface area contributed by atoms with Crippen molar-refractivity contribution in [2.45, 2.75) is 102 Å². The molecule has 0 spiro atoms. The summed E-state index contributed by atoms with van der Waals surface area (Å²) in [5, 5.41) is 22.0. The van der Waals surface area contributed by atoms with Crippen LogP contribution in [0.4, 0.5) is 0 Å². The van der Waals surface area contributed by atoms with Crippen LogP contribution in [-0.4, -0.2) is 35.4 Å². The van der Waals surface area contributed by atoms with E-state index in [-0.39, 0.29) is 5.92 Å². The predicted molar refractivity (Wildman–Crippen MR) is 205 cm³/mol. The molecule has 0 saturated heterocycles. The smallest absolute Gasteiger partial charge is 0.386 e. The fourth-order valence-corrected chi connectivity index (χ4v) is 18.6. The Labute approximate surface area is 287 Å². The molecule has 0 aliphatic heterocycles. The van der Waals surface area contributed by atoms with E-state index in [0.717, 1.165) is 18.9 Å². The molecule has 2 N–H and O–H groups in total. The van der Waals surface area contributed by atoms with Crippen molar-refractivity contribution < 1.29 is 18.4 Å². The second-order valence-corrected chi connectivity index (χ2v) is 26.8. The molecule has 0 saturated carbocycles. The highest BCUT2D eigenvalue weighted by Gasteiger charge is 2.49. The maximum Gasteiger partial charge on any atom is 0.386 e. The van der Waals surface area contributed by atoms with Crippen LogP contribution >= 0.6 is 0 Å². The van der Waals surface area contributed by atoms with Crippen LogP contribution in [-0.2, 0) is 8.23 Å². The highest BCUT2D eigenvalue weighted by Crippen LogP contribution is 2.32. The van der Waals surface area contributed by atoms with E-state index in [2.05, 4.69) is 93.4 Å². The van der Waals surface area contributed by atoms with Gasteiger partial charge in [-0.05, 0) is 91.0 Å². The van der Waals surface area contributed by atoms with Crippen LogP contribution in [0, 0.1) is 0 Å². The second kappa shape index (κ2) is 17.4. The summed E-state index contributed by atoms with van der Waals surface area (Å²) in [7, 11) is -6.83. The highest BCUT2D eigenvalue weighted by molar-refractivity contribution is 7.02. The van der Waals surface area contributed by atoms with Gasteiger partial charge in [-0.2, -0.15) is 0 Å². The Morgan fingerprint density at radius 3 is 1.32 bits per heavy atom. The fourth-order valence-electron chi connectivity index (χ4n) is 6.51. The lowest BCUT2D eigenvalue weighted by Gasteiger charge is -2.42. The van der Waals surface area contributed by atoms with Crippen molar-refractivity contribution in [2.24, 2.45) is 0 Å². The van der Waals surface area contributed by atoms with E-state index < -0.39 is 25.2 Å². The molecule has 47 heavy (non-hydrogen) atoms. The fraction of sp³-hybridized carbons (Fsp3) is 0.400. The summed E-state index contributed by atoms with van der Waals surface area (Å²) in [5.41, 5.74) is 2.42. The molecule has 4 nitrogen and oxygen atoms in total. The molecular formula is C40H56O4Si3. The molecule has 0 radical (unpaired) electrons. The van der Waals surface area contributed by atoms with Crippen molar-refractivity contribution in [3.63, 3.8) is 0 Å². The Morgan fingerprint density at radius 1 is 0.489 bits per heavy atom. The first-order valence-corrected chi connectivity index (χ1v) is 25.9. The van der Waals surface area contributed by atoms with Crippen LogP contribution in [0.2, 0.25) is 38.8 Å². The lowest BCUT2D eigenvalue weighted by Crippen LogP contribution is -2.69. The SMILES string of the molecule is C[Si](C)(C)O[Si](O[Si](C)(C)CCCCCCCCCCC(c1ccc(O)cc1)c1ccc(O)cc1)(c1ccccc1)c1ccccc1. The molecule has 0 aliphatic carbocycles. The summed E-state index contributed by atoms with van der Waals surface area (Å²) in [5.74, 6) is 0.858. The molecular weight excluding hydrogens is 629 g/mol. The molecule has 4 rings (SSSR count). The lowest BCUT2D eigenvalue weighted by atomic mass is 9.86. The summed E-state index contributed by atoms with van der Waals surface area (Å²) in [6.07, 6.45) is 11.0. The molecule has 7 heteroatoms. The molecule has 0 bridgehead atoms. The van der Waals surface area contributed by atoms with Crippen molar-refractivity contribution in [3.05, 3.63) is 120 Å². The third-order valence-electron chi connectivity index (χ3n) is 8.79. The number of benzene rings is 4. The first-order chi connectivity index (χ1) is 22.5. The quantitative estimate of drug-likeness (QED) is 0.0763. The molecule has 0 heterocycles. The van der Waals surface area contributed by atoms with Gasteiger partial charge in [0.1, 0.15) is 11.5 Å². The van der Waals surface area contributed by atoms with Crippen molar-refractivity contribution in [1.82, 2.24) is 0 Å². The van der Waals surface area contributed by atoms with Crippen LogP contribution in [0.25, 0.3) is 0 Å². The standard InChI is InChI=1S/C40H56O4Si3/c1-45(2,3)43-47(38-20-14-12-15-21-38,39-22-16-13-17-23-39)44-46(4,5)33-19-11-9-7-6-8-10-18-24-40(34-25-29-36(41)30-26-34)35-27-31-37(42)32-28-35/h12-17,20-23,25-32,40-42H,6-11,18-19,24,33H2,1-5H3. The highest BCUT2D eigenvalue weighted by atomic mass is 28.5. The third kappa shape index (κ3) is 11.6. The van der Waals surface area contributed by atoms with Crippen molar-refractivity contribution in [1.29, 1.82) is 0 Å². The van der Waals surface area contributed by atoms with Crippen molar-refractivity contribution in [2.75, 3.05) is 0 Å². The second-order valence-electron chi connectivity index (χ2n) is 14.5. The number of hydrogen-bond donors (Lipinski definition) is 2. The topological polar surface area (TPSA) is 58.9 Å². The number of hydrogen-bond acceptors (Lipinski definition) is 4. The zero-order valence-electron chi connectivity index (χ0n) is 29.3. The number of phenolic OH excluding ortho intramolecular Hbond substituents is 2. The number of unbranched alkanes of at least 4 members (excludes halogenated alkanes) is 7. The Hall–Kier alpha value is -2.95.